The van der Waals surface area contributed by atoms with E-state index in [9.17, 15) is 0 Å². The molecule has 1 aromatic carbocycles. The second-order valence-electron chi connectivity index (χ2n) is 4.24. The normalized spacial score (nSPS) is 18.8. The molecule has 1 saturated heterocycles. The first-order chi connectivity index (χ1) is 8.33. The summed E-state index contributed by atoms with van der Waals surface area (Å²) in [5.41, 5.74) is 0. The second kappa shape index (κ2) is 6.11. The summed E-state index contributed by atoms with van der Waals surface area (Å²) >= 11 is 8.19. The Kier molecular flexibility index (Phi) is 4.73. The molecule has 0 spiro atoms. The van der Waals surface area contributed by atoms with Crippen LogP contribution < -0.4 is 5.32 Å². The van der Waals surface area contributed by atoms with Gasteiger partial charge in [-0.3, -0.25) is 4.98 Å². The Balaban J connectivity index is 0.00000120. The van der Waals surface area contributed by atoms with Gasteiger partial charge in [-0.1, -0.05) is 11.6 Å². The van der Waals surface area contributed by atoms with Gasteiger partial charge in [-0.2, -0.15) is 0 Å². The van der Waals surface area contributed by atoms with Crippen LogP contribution in [0.15, 0.2) is 35.5 Å². The number of aromatic nitrogens is 1. The molecule has 1 aliphatic heterocycles. The molecular weight excluding hydrogens is 287 g/mol. The zero-order chi connectivity index (χ0) is 11.7. The Hall–Kier alpha value is -0.480. The lowest BCUT2D eigenvalue weighted by Gasteiger charge is -2.10. The van der Waals surface area contributed by atoms with Crippen molar-refractivity contribution in [2.24, 2.45) is 0 Å². The fourth-order valence-electron chi connectivity index (χ4n) is 2.09. The standard InChI is InChI=1S/C13H13ClN2S.ClH/c14-12-5-10-7-15-3-1-9(10)6-13(12)17-11-2-4-16-8-11;/h1,3,5-7,11,16H,2,4,8H2;1H. The summed E-state index contributed by atoms with van der Waals surface area (Å²) in [6, 6.07) is 6.21. The first-order valence-corrected chi connectivity index (χ1v) is 6.99. The van der Waals surface area contributed by atoms with E-state index in [1.54, 1.807) is 0 Å². The highest BCUT2D eigenvalue weighted by molar-refractivity contribution is 8.00. The van der Waals surface area contributed by atoms with Gasteiger partial charge in [0.05, 0.1) is 5.02 Å². The molecular formula is C13H14Cl2N2S. The fraction of sp³-hybridized carbons (Fsp3) is 0.308. The van der Waals surface area contributed by atoms with Crippen LogP contribution in [0.25, 0.3) is 10.8 Å². The summed E-state index contributed by atoms with van der Waals surface area (Å²) in [6.45, 7) is 2.20. The first-order valence-electron chi connectivity index (χ1n) is 5.73. The molecule has 0 saturated carbocycles. The molecule has 3 rings (SSSR count). The highest BCUT2D eigenvalue weighted by Crippen LogP contribution is 2.35. The summed E-state index contributed by atoms with van der Waals surface area (Å²) in [7, 11) is 0. The molecule has 18 heavy (non-hydrogen) atoms. The van der Waals surface area contributed by atoms with Gasteiger partial charge in [-0.15, -0.1) is 24.2 Å². The third-order valence-electron chi connectivity index (χ3n) is 3.00. The number of halogens is 2. The molecule has 1 atom stereocenters. The highest BCUT2D eigenvalue weighted by Gasteiger charge is 2.17. The van der Waals surface area contributed by atoms with Crippen molar-refractivity contribution in [3.8, 4) is 0 Å². The van der Waals surface area contributed by atoms with Gasteiger partial charge in [0.2, 0.25) is 0 Å². The van der Waals surface area contributed by atoms with Crippen LogP contribution in [0.4, 0.5) is 0 Å². The summed E-state index contributed by atoms with van der Waals surface area (Å²) in [5.74, 6) is 0. The van der Waals surface area contributed by atoms with Gasteiger partial charge in [0.1, 0.15) is 0 Å². The molecule has 5 heteroatoms. The monoisotopic (exact) mass is 300 g/mol. The lowest BCUT2D eigenvalue weighted by Crippen LogP contribution is -2.09. The fourth-order valence-corrected chi connectivity index (χ4v) is 3.55. The maximum Gasteiger partial charge on any atom is 0.0548 e. The number of fused-ring (bicyclic) bond motifs is 1. The minimum atomic E-state index is 0. The summed E-state index contributed by atoms with van der Waals surface area (Å²) in [5, 5.41) is 7.17. The van der Waals surface area contributed by atoms with E-state index in [0.717, 1.165) is 23.5 Å². The van der Waals surface area contributed by atoms with E-state index < -0.39 is 0 Å². The van der Waals surface area contributed by atoms with Gasteiger partial charge in [-0.25, -0.2) is 0 Å². The number of thioether (sulfide) groups is 1. The lowest BCUT2D eigenvalue weighted by atomic mass is 10.2. The van der Waals surface area contributed by atoms with Gasteiger partial charge >= 0.3 is 0 Å². The van der Waals surface area contributed by atoms with Crippen LogP contribution in [-0.2, 0) is 0 Å². The number of benzene rings is 1. The van der Waals surface area contributed by atoms with Crippen molar-refractivity contribution < 1.29 is 0 Å². The number of hydrogen-bond acceptors (Lipinski definition) is 3. The van der Waals surface area contributed by atoms with Crippen molar-refractivity contribution in [2.75, 3.05) is 13.1 Å². The van der Waals surface area contributed by atoms with Crippen LogP contribution in [-0.4, -0.2) is 23.3 Å². The number of hydrogen-bond donors (Lipinski definition) is 1. The highest BCUT2D eigenvalue weighted by atomic mass is 35.5. The predicted octanol–water partition coefficient (Wildman–Crippen LogP) is 3.76. The molecule has 0 amide bonds. The Bertz CT molecular complexity index is 542. The largest absolute Gasteiger partial charge is 0.316 e. The maximum absolute atomic E-state index is 6.31. The number of nitrogens with one attached hydrogen (secondary N) is 1. The van der Waals surface area contributed by atoms with E-state index >= 15 is 0 Å². The van der Waals surface area contributed by atoms with Crippen LogP contribution in [0.5, 0.6) is 0 Å². The van der Waals surface area contributed by atoms with Gasteiger partial charge in [0.25, 0.3) is 0 Å². The van der Waals surface area contributed by atoms with Gasteiger partial charge in [-0.05, 0) is 36.6 Å². The molecule has 0 radical (unpaired) electrons. The Morgan fingerprint density at radius 1 is 1.33 bits per heavy atom. The van der Waals surface area contributed by atoms with Crippen molar-refractivity contribution in [1.82, 2.24) is 10.3 Å². The van der Waals surface area contributed by atoms with Crippen molar-refractivity contribution >= 4 is 46.5 Å². The maximum atomic E-state index is 6.31. The topological polar surface area (TPSA) is 24.9 Å². The third-order valence-corrected chi connectivity index (χ3v) is 4.75. The average molecular weight is 301 g/mol. The van der Waals surface area contributed by atoms with Crippen LogP contribution >= 0.6 is 35.8 Å². The zero-order valence-corrected chi connectivity index (χ0v) is 12.1. The molecule has 2 nitrogen and oxygen atoms in total. The predicted molar refractivity (Wildman–Crippen MR) is 81.1 cm³/mol. The van der Waals surface area contributed by atoms with Crippen molar-refractivity contribution in [1.29, 1.82) is 0 Å². The molecule has 96 valence electrons. The number of pyridine rings is 1. The van der Waals surface area contributed by atoms with Crippen LogP contribution in [0.1, 0.15) is 6.42 Å². The van der Waals surface area contributed by atoms with Crippen LogP contribution in [0.2, 0.25) is 5.02 Å². The Morgan fingerprint density at radius 2 is 2.22 bits per heavy atom. The van der Waals surface area contributed by atoms with E-state index in [2.05, 4.69) is 16.4 Å². The molecule has 1 aromatic heterocycles. The quantitative estimate of drug-likeness (QED) is 0.914. The second-order valence-corrected chi connectivity index (χ2v) is 5.99. The summed E-state index contributed by atoms with van der Waals surface area (Å²) in [6.07, 6.45) is 4.89. The first kappa shape index (κ1) is 13.9. The van der Waals surface area contributed by atoms with Gasteiger partial charge in [0, 0.05) is 34.5 Å². The van der Waals surface area contributed by atoms with E-state index in [1.807, 2.05) is 36.3 Å². The van der Waals surface area contributed by atoms with E-state index in [4.69, 9.17) is 11.6 Å². The molecule has 1 aliphatic rings. The smallest absolute Gasteiger partial charge is 0.0548 e. The Labute approximate surface area is 122 Å². The van der Waals surface area contributed by atoms with E-state index in [-0.39, 0.29) is 12.4 Å². The molecule has 1 fully saturated rings. The lowest BCUT2D eigenvalue weighted by molar-refractivity contribution is 0.858. The molecule has 1 unspecified atom stereocenters. The zero-order valence-electron chi connectivity index (χ0n) is 9.73. The molecule has 0 bridgehead atoms. The molecule has 2 aromatic rings. The summed E-state index contributed by atoms with van der Waals surface area (Å²) < 4.78 is 0. The van der Waals surface area contributed by atoms with E-state index in [0.29, 0.717) is 5.25 Å². The van der Waals surface area contributed by atoms with Crippen molar-refractivity contribution in [2.45, 2.75) is 16.6 Å². The van der Waals surface area contributed by atoms with Gasteiger partial charge < -0.3 is 5.32 Å². The van der Waals surface area contributed by atoms with Crippen LogP contribution in [0.3, 0.4) is 0 Å². The van der Waals surface area contributed by atoms with Crippen molar-refractivity contribution in [3.05, 3.63) is 35.6 Å². The molecule has 0 aliphatic carbocycles. The average Bonchev–Trinajstić information content (AvgIpc) is 2.83. The van der Waals surface area contributed by atoms with Crippen LogP contribution in [0, 0.1) is 0 Å². The minimum Gasteiger partial charge on any atom is -0.316 e. The number of nitrogens with zero attached hydrogens (tertiary/aromatic N) is 1. The van der Waals surface area contributed by atoms with E-state index in [1.165, 1.54) is 16.7 Å². The molecule has 2 heterocycles. The summed E-state index contributed by atoms with van der Waals surface area (Å²) in [4.78, 5) is 5.29. The Morgan fingerprint density at radius 3 is 3.00 bits per heavy atom. The number of rotatable bonds is 2. The SMILES string of the molecule is Cl.Clc1cc2cnccc2cc1SC1CCNC1. The van der Waals surface area contributed by atoms with Crippen molar-refractivity contribution in [3.63, 3.8) is 0 Å². The third kappa shape index (κ3) is 2.91. The molecule has 1 N–H and O–H groups in total. The van der Waals surface area contributed by atoms with Gasteiger partial charge in [0.15, 0.2) is 0 Å². The minimum absolute atomic E-state index is 0.